The van der Waals surface area contributed by atoms with Gasteiger partial charge in [-0.1, -0.05) is 29.8 Å². The quantitative estimate of drug-likeness (QED) is 0.690. The Kier molecular flexibility index (Phi) is 3.38. The molecular formula is C13H10ClN3O3S. The Balaban J connectivity index is 1.82. The van der Waals surface area contributed by atoms with Crippen molar-refractivity contribution in [3.8, 4) is 0 Å². The summed E-state index contributed by atoms with van der Waals surface area (Å²) in [5.41, 5.74) is 0.147. The molecule has 0 unspecified atom stereocenters. The molecule has 0 bridgehead atoms. The summed E-state index contributed by atoms with van der Waals surface area (Å²) in [6, 6.07) is 7.23. The number of benzene rings is 1. The van der Waals surface area contributed by atoms with Crippen molar-refractivity contribution in [2.24, 2.45) is 0 Å². The summed E-state index contributed by atoms with van der Waals surface area (Å²) >= 11 is 7.00. The molecule has 0 saturated heterocycles. The van der Waals surface area contributed by atoms with Gasteiger partial charge in [-0.15, -0.1) is 0 Å². The molecule has 1 aromatic heterocycles. The summed E-state index contributed by atoms with van der Waals surface area (Å²) in [4.78, 5) is 26.4. The molecule has 1 saturated carbocycles. The Morgan fingerprint density at radius 3 is 2.71 bits per heavy atom. The van der Waals surface area contributed by atoms with E-state index in [9.17, 15) is 14.9 Å². The Morgan fingerprint density at radius 2 is 2.14 bits per heavy atom. The van der Waals surface area contributed by atoms with Crippen LogP contribution in [0.15, 0.2) is 30.5 Å². The van der Waals surface area contributed by atoms with E-state index < -0.39 is 10.3 Å². The van der Waals surface area contributed by atoms with Gasteiger partial charge in [0.1, 0.15) is 6.20 Å². The van der Waals surface area contributed by atoms with Gasteiger partial charge >= 0.3 is 5.00 Å². The first-order chi connectivity index (χ1) is 10.0. The third-order valence-corrected chi connectivity index (χ3v) is 4.66. The molecule has 8 heteroatoms. The summed E-state index contributed by atoms with van der Waals surface area (Å²) in [6.07, 6.45) is 2.54. The maximum atomic E-state index is 12.5. The second-order valence-electron chi connectivity index (χ2n) is 4.78. The molecule has 0 atom stereocenters. The van der Waals surface area contributed by atoms with Crippen LogP contribution in [0.1, 0.15) is 18.4 Å². The summed E-state index contributed by atoms with van der Waals surface area (Å²) in [6.45, 7) is 0. The second-order valence-corrected chi connectivity index (χ2v) is 6.19. The molecule has 6 nitrogen and oxygen atoms in total. The first-order valence-electron chi connectivity index (χ1n) is 6.20. The van der Waals surface area contributed by atoms with Crippen LogP contribution in [-0.4, -0.2) is 15.8 Å². The molecule has 2 aromatic rings. The molecule has 21 heavy (non-hydrogen) atoms. The first-order valence-corrected chi connectivity index (χ1v) is 7.39. The SMILES string of the molecule is O=C(Nc1ncc([N+](=O)[O-])s1)C1(c2ccccc2Cl)CC1. The van der Waals surface area contributed by atoms with E-state index in [1.807, 2.05) is 18.2 Å². The van der Waals surface area contributed by atoms with E-state index in [4.69, 9.17) is 11.6 Å². The molecule has 0 spiro atoms. The average molecular weight is 324 g/mol. The predicted molar refractivity (Wildman–Crippen MR) is 79.8 cm³/mol. The fourth-order valence-corrected chi connectivity index (χ4v) is 3.16. The van der Waals surface area contributed by atoms with Gasteiger partial charge in [-0.2, -0.15) is 0 Å². The highest BCUT2D eigenvalue weighted by Crippen LogP contribution is 2.51. The molecule has 108 valence electrons. The molecule has 1 aliphatic rings. The maximum absolute atomic E-state index is 12.5. The van der Waals surface area contributed by atoms with Crippen molar-refractivity contribution in [2.75, 3.05) is 5.32 Å². The molecule has 1 amide bonds. The van der Waals surface area contributed by atoms with Crippen LogP contribution < -0.4 is 5.32 Å². The van der Waals surface area contributed by atoms with Gasteiger partial charge in [0.15, 0.2) is 5.13 Å². The van der Waals surface area contributed by atoms with E-state index in [0.29, 0.717) is 17.9 Å². The van der Waals surface area contributed by atoms with E-state index in [0.717, 1.165) is 23.1 Å². The van der Waals surface area contributed by atoms with Gasteiger partial charge in [-0.05, 0) is 35.8 Å². The largest absolute Gasteiger partial charge is 0.345 e. The van der Waals surface area contributed by atoms with Crippen LogP contribution in [-0.2, 0) is 10.2 Å². The summed E-state index contributed by atoms with van der Waals surface area (Å²) in [5.74, 6) is -0.222. The minimum atomic E-state index is -0.640. The van der Waals surface area contributed by atoms with Gasteiger partial charge in [-0.25, -0.2) is 4.98 Å². The molecule has 1 N–H and O–H groups in total. The van der Waals surface area contributed by atoms with E-state index in [2.05, 4.69) is 10.3 Å². The van der Waals surface area contributed by atoms with Crippen LogP contribution in [0.25, 0.3) is 0 Å². The number of hydrogen-bond acceptors (Lipinski definition) is 5. The van der Waals surface area contributed by atoms with Crippen molar-refractivity contribution in [1.29, 1.82) is 0 Å². The zero-order valence-electron chi connectivity index (χ0n) is 10.7. The zero-order chi connectivity index (χ0) is 15.0. The highest BCUT2D eigenvalue weighted by Gasteiger charge is 2.52. The van der Waals surface area contributed by atoms with Crippen molar-refractivity contribution in [1.82, 2.24) is 4.98 Å². The Hall–Kier alpha value is -1.99. The third-order valence-electron chi connectivity index (χ3n) is 3.47. The minimum Gasteiger partial charge on any atom is -0.301 e. The number of carbonyl (C=O) groups is 1. The van der Waals surface area contributed by atoms with Crippen LogP contribution in [0.4, 0.5) is 10.1 Å². The van der Waals surface area contributed by atoms with Crippen LogP contribution in [0, 0.1) is 10.1 Å². The van der Waals surface area contributed by atoms with Gasteiger partial charge in [0.05, 0.1) is 10.3 Å². The highest BCUT2D eigenvalue weighted by atomic mass is 35.5. The van der Waals surface area contributed by atoms with Crippen molar-refractivity contribution < 1.29 is 9.72 Å². The van der Waals surface area contributed by atoms with Gasteiger partial charge in [0.2, 0.25) is 5.91 Å². The Labute approximate surface area is 128 Å². The molecular weight excluding hydrogens is 314 g/mol. The fourth-order valence-electron chi connectivity index (χ4n) is 2.22. The lowest BCUT2D eigenvalue weighted by Crippen LogP contribution is -2.28. The minimum absolute atomic E-state index is 0.104. The van der Waals surface area contributed by atoms with E-state index >= 15 is 0 Å². The van der Waals surface area contributed by atoms with E-state index in [1.54, 1.807) is 6.07 Å². The van der Waals surface area contributed by atoms with Crippen molar-refractivity contribution >= 4 is 39.0 Å². The van der Waals surface area contributed by atoms with Crippen molar-refractivity contribution in [3.05, 3.63) is 51.2 Å². The number of halogens is 1. The number of aromatic nitrogens is 1. The number of hydrogen-bond donors (Lipinski definition) is 1. The van der Waals surface area contributed by atoms with Gasteiger partial charge in [0.25, 0.3) is 0 Å². The predicted octanol–water partition coefficient (Wildman–Crippen LogP) is 3.38. The Bertz CT molecular complexity index is 727. The summed E-state index contributed by atoms with van der Waals surface area (Å²) in [7, 11) is 0. The zero-order valence-corrected chi connectivity index (χ0v) is 12.3. The number of nitrogens with one attached hydrogen (secondary N) is 1. The van der Waals surface area contributed by atoms with Crippen molar-refractivity contribution in [2.45, 2.75) is 18.3 Å². The van der Waals surface area contributed by atoms with Crippen molar-refractivity contribution in [3.63, 3.8) is 0 Å². The molecule has 1 aromatic carbocycles. The monoisotopic (exact) mass is 323 g/mol. The van der Waals surface area contributed by atoms with Gasteiger partial charge in [-0.3, -0.25) is 14.9 Å². The normalized spacial score (nSPS) is 15.5. The van der Waals surface area contributed by atoms with Crippen LogP contribution in [0.5, 0.6) is 0 Å². The van der Waals surface area contributed by atoms with Crippen LogP contribution in [0.3, 0.4) is 0 Å². The topological polar surface area (TPSA) is 85.1 Å². The molecule has 0 aliphatic heterocycles. The standard InChI is InChI=1S/C13H10ClN3O3S/c14-9-4-2-1-3-8(9)13(5-6-13)11(18)16-12-15-7-10(21-12)17(19)20/h1-4,7H,5-6H2,(H,15,16,18). The van der Waals surface area contributed by atoms with E-state index in [-0.39, 0.29) is 16.0 Å². The van der Waals surface area contributed by atoms with Crippen LogP contribution in [0.2, 0.25) is 5.02 Å². The smallest absolute Gasteiger partial charge is 0.301 e. The van der Waals surface area contributed by atoms with E-state index in [1.165, 1.54) is 0 Å². The number of rotatable bonds is 4. The Morgan fingerprint density at radius 1 is 1.43 bits per heavy atom. The molecule has 1 fully saturated rings. The molecule has 1 heterocycles. The third kappa shape index (κ3) is 2.50. The molecule has 1 aliphatic carbocycles. The number of carbonyl (C=O) groups excluding carboxylic acids is 1. The fraction of sp³-hybridized carbons (Fsp3) is 0.231. The average Bonchev–Trinajstić information content (AvgIpc) is 3.12. The number of thiazole rings is 1. The summed E-state index contributed by atoms with van der Waals surface area (Å²) in [5, 5.41) is 13.9. The van der Waals surface area contributed by atoms with Gasteiger partial charge < -0.3 is 5.32 Å². The number of nitro groups is 1. The lowest BCUT2D eigenvalue weighted by molar-refractivity contribution is -0.380. The number of anilines is 1. The lowest BCUT2D eigenvalue weighted by Gasteiger charge is -2.15. The number of amides is 1. The lowest BCUT2D eigenvalue weighted by atomic mass is 9.95. The summed E-state index contributed by atoms with van der Waals surface area (Å²) < 4.78 is 0. The number of nitrogens with zero attached hydrogens (tertiary/aromatic N) is 2. The maximum Gasteiger partial charge on any atom is 0.345 e. The second kappa shape index (κ2) is 5.09. The molecule has 3 rings (SSSR count). The molecule has 0 radical (unpaired) electrons. The first kappa shape index (κ1) is 14.0. The highest BCUT2D eigenvalue weighted by molar-refractivity contribution is 7.18. The van der Waals surface area contributed by atoms with Crippen LogP contribution >= 0.6 is 22.9 Å². The van der Waals surface area contributed by atoms with Gasteiger partial charge in [0, 0.05) is 5.02 Å².